The first kappa shape index (κ1) is 23.6. The van der Waals surface area contributed by atoms with Gasteiger partial charge in [0.1, 0.15) is 11.7 Å². The third-order valence-corrected chi connectivity index (χ3v) is 4.19. The first-order valence-electron chi connectivity index (χ1n) is 8.04. The van der Waals surface area contributed by atoms with Crippen molar-refractivity contribution in [3.05, 3.63) is 88.0 Å². The van der Waals surface area contributed by atoms with Crippen LogP contribution in [0.3, 0.4) is 0 Å². The van der Waals surface area contributed by atoms with Gasteiger partial charge in [-0.25, -0.2) is 0 Å². The summed E-state index contributed by atoms with van der Waals surface area (Å²) in [5.74, 6) is -0.0707. The maximum absolute atomic E-state index is 11.4. The first-order chi connectivity index (χ1) is 12.8. The standard InChI is InChI=1S/C20H17N5O2.2ClH/c21-19(22)14-5-1-12(2-6-14)16-9-17(11-18(10-16)25(26)27)13-3-7-15(8-4-13)20(23)24;;/h1-11H,(H3,21,22)(H3,23,24);2*1H. The molecule has 150 valence electrons. The Bertz CT molecular complexity index is 976. The molecule has 0 amide bonds. The van der Waals surface area contributed by atoms with Crippen molar-refractivity contribution in [3.63, 3.8) is 0 Å². The van der Waals surface area contributed by atoms with Gasteiger partial charge in [0.15, 0.2) is 0 Å². The first-order valence-corrected chi connectivity index (χ1v) is 8.04. The molecule has 0 aliphatic heterocycles. The van der Waals surface area contributed by atoms with Gasteiger partial charge in [-0.2, -0.15) is 0 Å². The molecular weight excluding hydrogens is 413 g/mol. The Labute approximate surface area is 179 Å². The molecule has 0 unspecified atom stereocenters. The smallest absolute Gasteiger partial charge is 0.270 e. The van der Waals surface area contributed by atoms with Crippen LogP contribution in [-0.2, 0) is 0 Å². The van der Waals surface area contributed by atoms with E-state index in [4.69, 9.17) is 22.3 Å². The van der Waals surface area contributed by atoms with Crippen molar-refractivity contribution in [2.75, 3.05) is 0 Å². The van der Waals surface area contributed by atoms with E-state index < -0.39 is 4.92 Å². The third-order valence-electron chi connectivity index (χ3n) is 4.19. The minimum absolute atomic E-state index is 0. The molecule has 0 atom stereocenters. The molecule has 0 heterocycles. The number of hydrogen-bond acceptors (Lipinski definition) is 4. The highest BCUT2D eigenvalue weighted by molar-refractivity contribution is 5.96. The Balaban J connectivity index is 0.00000210. The number of nitrogen functional groups attached to an aromatic ring is 2. The average Bonchev–Trinajstić information content (AvgIpc) is 2.67. The van der Waals surface area contributed by atoms with Gasteiger partial charge < -0.3 is 11.5 Å². The van der Waals surface area contributed by atoms with Gasteiger partial charge in [-0.15, -0.1) is 24.8 Å². The van der Waals surface area contributed by atoms with Crippen molar-refractivity contribution in [1.29, 1.82) is 10.8 Å². The highest BCUT2D eigenvalue weighted by Gasteiger charge is 2.13. The average molecular weight is 432 g/mol. The van der Waals surface area contributed by atoms with Gasteiger partial charge in [-0.05, 0) is 28.3 Å². The van der Waals surface area contributed by atoms with Crippen LogP contribution in [0.2, 0.25) is 0 Å². The maximum Gasteiger partial charge on any atom is 0.270 e. The fourth-order valence-corrected chi connectivity index (χ4v) is 2.73. The highest BCUT2D eigenvalue weighted by atomic mass is 35.5. The van der Waals surface area contributed by atoms with E-state index in [2.05, 4.69) is 0 Å². The van der Waals surface area contributed by atoms with Gasteiger partial charge in [0.25, 0.3) is 5.69 Å². The fourth-order valence-electron chi connectivity index (χ4n) is 2.73. The summed E-state index contributed by atoms with van der Waals surface area (Å²) in [5, 5.41) is 26.3. The Hall–Kier alpha value is -3.42. The molecule has 0 aliphatic rings. The molecule has 3 aromatic carbocycles. The molecule has 0 aliphatic carbocycles. The number of halogens is 2. The zero-order valence-corrected chi connectivity index (χ0v) is 16.7. The lowest BCUT2D eigenvalue weighted by atomic mass is 9.96. The van der Waals surface area contributed by atoms with Crippen LogP contribution >= 0.6 is 24.8 Å². The summed E-state index contributed by atoms with van der Waals surface area (Å²) >= 11 is 0. The van der Waals surface area contributed by atoms with Crippen LogP contribution in [0.25, 0.3) is 22.3 Å². The predicted molar refractivity (Wildman–Crippen MR) is 120 cm³/mol. The van der Waals surface area contributed by atoms with Crippen molar-refractivity contribution in [3.8, 4) is 22.3 Å². The van der Waals surface area contributed by atoms with Crippen molar-refractivity contribution in [1.82, 2.24) is 0 Å². The van der Waals surface area contributed by atoms with E-state index in [9.17, 15) is 10.1 Å². The van der Waals surface area contributed by atoms with Crippen LogP contribution < -0.4 is 11.5 Å². The van der Waals surface area contributed by atoms with E-state index >= 15 is 0 Å². The zero-order valence-electron chi connectivity index (χ0n) is 15.1. The molecule has 0 bridgehead atoms. The van der Waals surface area contributed by atoms with Gasteiger partial charge in [-0.1, -0.05) is 48.5 Å². The number of nitrogens with one attached hydrogen (secondary N) is 2. The number of nitrogens with zero attached hydrogens (tertiary/aromatic N) is 1. The molecule has 0 saturated heterocycles. The second-order valence-corrected chi connectivity index (χ2v) is 6.01. The molecule has 0 spiro atoms. The van der Waals surface area contributed by atoms with Crippen molar-refractivity contribution in [2.24, 2.45) is 11.5 Å². The van der Waals surface area contributed by atoms with Crippen molar-refractivity contribution >= 4 is 42.2 Å². The molecule has 0 radical (unpaired) electrons. The van der Waals surface area contributed by atoms with Crippen molar-refractivity contribution in [2.45, 2.75) is 0 Å². The summed E-state index contributed by atoms with van der Waals surface area (Å²) in [5.41, 5.74) is 15.0. The number of nitrogens with two attached hydrogens (primary N) is 2. The van der Waals surface area contributed by atoms with Crippen LogP contribution in [0, 0.1) is 20.9 Å². The summed E-state index contributed by atoms with van der Waals surface area (Å²) < 4.78 is 0. The Morgan fingerprint density at radius 3 is 1.31 bits per heavy atom. The zero-order chi connectivity index (χ0) is 19.6. The van der Waals surface area contributed by atoms with Crippen LogP contribution in [-0.4, -0.2) is 16.6 Å². The van der Waals surface area contributed by atoms with Crippen molar-refractivity contribution < 1.29 is 4.92 Å². The topological polar surface area (TPSA) is 143 Å². The Kier molecular flexibility index (Phi) is 7.88. The number of amidine groups is 2. The summed E-state index contributed by atoms with van der Waals surface area (Å²) in [4.78, 5) is 10.9. The molecule has 3 aromatic rings. The maximum atomic E-state index is 11.4. The van der Waals surface area contributed by atoms with Gasteiger partial charge in [-0.3, -0.25) is 20.9 Å². The second-order valence-electron chi connectivity index (χ2n) is 6.01. The van der Waals surface area contributed by atoms with E-state index in [-0.39, 0.29) is 42.2 Å². The Morgan fingerprint density at radius 1 is 0.690 bits per heavy atom. The summed E-state index contributed by atoms with van der Waals surface area (Å²) in [6.45, 7) is 0. The minimum atomic E-state index is -0.430. The van der Waals surface area contributed by atoms with E-state index in [1.165, 1.54) is 12.1 Å². The quantitative estimate of drug-likeness (QED) is 0.206. The van der Waals surface area contributed by atoms with Gasteiger partial charge >= 0.3 is 0 Å². The van der Waals surface area contributed by atoms with E-state index in [1.54, 1.807) is 48.5 Å². The molecule has 0 fully saturated rings. The number of non-ortho nitro benzene ring substituents is 1. The number of nitro benzene ring substituents is 1. The van der Waals surface area contributed by atoms with E-state index in [1.807, 2.05) is 6.07 Å². The monoisotopic (exact) mass is 431 g/mol. The molecule has 7 nitrogen and oxygen atoms in total. The minimum Gasteiger partial charge on any atom is -0.384 e. The normalized spacial score (nSPS) is 9.66. The SMILES string of the molecule is Cl.Cl.N=C(N)c1ccc(-c2cc(-c3ccc(C(=N)N)cc3)cc([N+](=O)[O-])c2)cc1. The van der Waals surface area contributed by atoms with Crippen LogP contribution in [0.15, 0.2) is 66.7 Å². The summed E-state index contributed by atoms with van der Waals surface area (Å²) in [6.07, 6.45) is 0. The predicted octanol–water partition coefficient (Wildman–Crippen LogP) is 4.34. The number of hydrogen-bond donors (Lipinski definition) is 4. The lowest BCUT2D eigenvalue weighted by Crippen LogP contribution is -2.10. The molecular formula is C20H19Cl2N5O2. The summed E-state index contributed by atoms with van der Waals surface area (Å²) in [6, 6.07) is 18.8. The summed E-state index contributed by atoms with van der Waals surface area (Å²) in [7, 11) is 0. The number of rotatable bonds is 5. The number of nitro groups is 1. The molecule has 29 heavy (non-hydrogen) atoms. The van der Waals surface area contributed by atoms with Crippen LogP contribution in [0.5, 0.6) is 0 Å². The molecule has 6 N–H and O–H groups in total. The van der Waals surface area contributed by atoms with Gasteiger partial charge in [0.05, 0.1) is 4.92 Å². The lowest BCUT2D eigenvalue weighted by Gasteiger charge is -2.08. The second kappa shape index (κ2) is 9.68. The third kappa shape index (κ3) is 5.31. The molecule has 9 heteroatoms. The molecule has 0 saturated carbocycles. The number of benzene rings is 3. The Morgan fingerprint density at radius 2 is 1.03 bits per heavy atom. The van der Waals surface area contributed by atoms with Crippen LogP contribution in [0.1, 0.15) is 11.1 Å². The fraction of sp³-hybridized carbons (Fsp3) is 0. The lowest BCUT2D eigenvalue weighted by molar-refractivity contribution is -0.384. The van der Waals surface area contributed by atoms with E-state index in [0.29, 0.717) is 22.3 Å². The largest absolute Gasteiger partial charge is 0.384 e. The van der Waals surface area contributed by atoms with E-state index in [0.717, 1.165) is 11.1 Å². The van der Waals surface area contributed by atoms with Crippen LogP contribution in [0.4, 0.5) is 5.69 Å². The van der Waals surface area contributed by atoms with Gasteiger partial charge in [0.2, 0.25) is 0 Å². The highest BCUT2D eigenvalue weighted by Crippen LogP contribution is 2.31. The molecule has 3 rings (SSSR count). The van der Waals surface area contributed by atoms with Gasteiger partial charge in [0, 0.05) is 23.3 Å². The molecule has 0 aromatic heterocycles.